The first-order valence-electron chi connectivity index (χ1n) is 4.64. The van der Waals surface area contributed by atoms with Crippen LogP contribution in [-0.4, -0.2) is 25.2 Å². The van der Waals surface area contributed by atoms with E-state index in [0.717, 1.165) is 19.4 Å². The minimum Gasteiger partial charge on any atom is -0.466 e. The van der Waals surface area contributed by atoms with E-state index in [-0.39, 0.29) is 11.9 Å². The molecule has 70 valence electrons. The molecule has 0 aromatic rings. The van der Waals surface area contributed by atoms with Gasteiger partial charge in [0.05, 0.1) is 12.5 Å². The molecule has 1 heterocycles. The topological polar surface area (TPSA) is 38.3 Å². The fraction of sp³-hybridized carbons (Fsp3) is 0.889. The lowest BCUT2D eigenvalue weighted by atomic mass is 9.96. The van der Waals surface area contributed by atoms with Gasteiger partial charge in [-0.25, -0.2) is 0 Å². The molecule has 0 aromatic carbocycles. The quantitative estimate of drug-likeness (QED) is 0.628. The van der Waals surface area contributed by atoms with Gasteiger partial charge in [-0.15, -0.1) is 0 Å². The maximum Gasteiger partial charge on any atom is 0.310 e. The summed E-state index contributed by atoms with van der Waals surface area (Å²) in [7, 11) is 0. The lowest BCUT2D eigenvalue weighted by molar-refractivity contribution is -0.148. The van der Waals surface area contributed by atoms with Crippen molar-refractivity contribution in [3.63, 3.8) is 0 Å². The van der Waals surface area contributed by atoms with Crippen LogP contribution in [0, 0.1) is 5.92 Å². The Bertz CT molecular complexity index is 151. The van der Waals surface area contributed by atoms with Gasteiger partial charge >= 0.3 is 5.97 Å². The Morgan fingerprint density at radius 3 is 2.83 bits per heavy atom. The van der Waals surface area contributed by atoms with Crippen molar-refractivity contribution in [2.24, 2.45) is 5.92 Å². The normalized spacial score (nSPS) is 29.8. The highest BCUT2D eigenvalue weighted by atomic mass is 16.5. The largest absolute Gasteiger partial charge is 0.466 e. The second kappa shape index (κ2) is 4.45. The minimum atomic E-state index is -0.0445. The summed E-state index contributed by atoms with van der Waals surface area (Å²) in [4.78, 5) is 11.2. The third-order valence-corrected chi connectivity index (χ3v) is 2.28. The molecule has 1 N–H and O–H groups in total. The summed E-state index contributed by atoms with van der Waals surface area (Å²) in [5.74, 6) is 0.0399. The average Bonchev–Trinajstić information content (AvgIpc) is 2.06. The predicted molar refractivity (Wildman–Crippen MR) is 46.8 cm³/mol. The molecule has 0 amide bonds. The van der Waals surface area contributed by atoms with Crippen LogP contribution in [0.1, 0.15) is 26.7 Å². The Kier molecular flexibility index (Phi) is 3.53. The number of rotatable bonds is 2. The van der Waals surface area contributed by atoms with Crippen molar-refractivity contribution in [2.45, 2.75) is 32.7 Å². The highest BCUT2D eigenvalue weighted by molar-refractivity contribution is 5.72. The van der Waals surface area contributed by atoms with Gasteiger partial charge in [0, 0.05) is 12.6 Å². The molecule has 1 fully saturated rings. The van der Waals surface area contributed by atoms with Gasteiger partial charge in [0.2, 0.25) is 0 Å². The van der Waals surface area contributed by atoms with Gasteiger partial charge in [-0.1, -0.05) is 0 Å². The van der Waals surface area contributed by atoms with Gasteiger partial charge < -0.3 is 10.1 Å². The Balaban J connectivity index is 2.29. The highest BCUT2D eigenvalue weighted by Crippen LogP contribution is 2.15. The van der Waals surface area contributed by atoms with Crippen LogP contribution in [0.15, 0.2) is 0 Å². The molecule has 2 atom stereocenters. The monoisotopic (exact) mass is 171 g/mol. The summed E-state index contributed by atoms with van der Waals surface area (Å²) >= 11 is 0. The zero-order chi connectivity index (χ0) is 8.97. The van der Waals surface area contributed by atoms with Crippen LogP contribution >= 0.6 is 0 Å². The van der Waals surface area contributed by atoms with Crippen molar-refractivity contribution in [1.29, 1.82) is 0 Å². The van der Waals surface area contributed by atoms with Gasteiger partial charge in [0.25, 0.3) is 0 Å². The van der Waals surface area contributed by atoms with E-state index in [0.29, 0.717) is 12.6 Å². The first-order valence-corrected chi connectivity index (χ1v) is 4.64. The summed E-state index contributed by atoms with van der Waals surface area (Å²) in [5, 5.41) is 3.27. The van der Waals surface area contributed by atoms with E-state index in [9.17, 15) is 4.79 Å². The number of hydrogen-bond acceptors (Lipinski definition) is 3. The van der Waals surface area contributed by atoms with Crippen LogP contribution in [0.25, 0.3) is 0 Å². The molecule has 12 heavy (non-hydrogen) atoms. The summed E-state index contributed by atoms with van der Waals surface area (Å²) in [6, 6.07) is 0.552. The summed E-state index contributed by atoms with van der Waals surface area (Å²) in [6.07, 6.45) is 2.04. The molecule has 0 spiro atoms. The zero-order valence-electron chi connectivity index (χ0n) is 7.80. The Morgan fingerprint density at radius 1 is 1.58 bits per heavy atom. The molecule has 1 aliphatic heterocycles. The van der Waals surface area contributed by atoms with E-state index in [4.69, 9.17) is 4.74 Å². The van der Waals surface area contributed by atoms with E-state index in [1.54, 1.807) is 0 Å². The summed E-state index contributed by atoms with van der Waals surface area (Å²) < 4.78 is 4.94. The molecular weight excluding hydrogens is 154 g/mol. The van der Waals surface area contributed by atoms with Crippen molar-refractivity contribution < 1.29 is 9.53 Å². The first kappa shape index (κ1) is 9.52. The number of carbonyl (C=O) groups is 1. The van der Waals surface area contributed by atoms with Crippen LogP contribution in [-0.2, 0) is 9.53 Å². The summed E-state index contributed by atoms with van der Waals surface area (Å²) in [6.45, 7) is 5.25. The standard InChI is InChI=1S/C9H17NO2/c1-3-12-9(11)8-5-4-7(2)10-6-8/h7-8,10H,3-6H2,1-2H3/t7-,8+/m1/s1. The lowest BCUT2D eigenvalue weighted by Crippen LogP contribution is -2.40. The molecule has 3 heteroatoms. The van der Waals surface area contributed by atoms with Crippen LogP contribution in [0.3, 0.4) is 0 Å². The molecule has 0 unspecified atom stereocenters. The van der Waals surface area contributed by atoms with Gasteiger partial charge in [0.15, 0.2) is 0 Å². The van der Waals surface area contributed by atoms with Crippen molar-refractivity contribution in [3.8, 4) is 0 Å². The maximum atomic E-state index is 11.2. The molecular formula is C9H17NO2. The van der Waals surface area contributed by atoms with Crippen molar-refractivity contribution in [1.82, 2.24) is 5.32 Å². The lowest BCUT2D eigenvalue weighted by Gasteiger charge is -2.25. The van der Waals surface area contributed by atoms with Gasteiger partial charge in [-0.3, -0.25) is 4.79 Å². The second-order valence-electron chi connectivity index (χ2n) is 3.34. The van der Waals surface area contributed by atoms with Gasteiger partial charge in [0.1, 0.15) is 0 Å². The minimum absolute atomic E-state index is 0.0445. The number of ether oxygens (including phenoxy) is 1. The second-order valence-corrected chi connectivity index (χ2v) is 3.34. The molecule has 1 rings (SSSR count). The molecule has 0 radical (unpaired) electrons. The van der Waals surface area contributed by atoms with Crippen molar-refractivity contribution in [2.75, 3.05) is 13.2 Å². The highest BCUT2D eigenvalue weighted by Gasteiger charge is 2.24. The predicted octanol–water partition coefficient (Wildman–Crippen LogP) is 0.938. The molecule has 0 saturated carbocycles. The Labute approximate surface area is 73.5 Å². The molecule has 0 aromatic heterocycles. The number of nitrogens with one attached hydrogen (secondary N) is 1. The fourth-order valence-corrected chi connectivity index (χ4v) is 1.46. The van der Waals surface area contributed by atoms with E-state index in [2.05, 4.69) is 12.2 Å². The summed E-state index contributed by atoms with van der Waals surface area (Å²) in [5.41, 5.74) is 0. The number of piperidine rings is 1. The molecule has 3 nitrogen and oxygen atoms in total. The van der Waals surface area contributed by atoms with Crippen LogP contribution in [0.5, 0.6) is 0 Å². The molecule has 1 saturated heterocycles. The smallest absolute Gasteiger partial charge is 0.310 e. The molecule has 0 bridgehead atoms. The SMILES string of the molecule is CCOC(=O)[C@H]1CC[C@@H](C)NC1. The van der Waals surface area contributed by atoms with E-state index >= 15 is 0 Å². The van der Waals surface area contributed by atoms with Crippen molar-refractivity contribution >= 4 is 5.97 Å². The van der Waals surface area contributed by atoms with Crippen LogP contribution < -0.4 is 5.32 Å². The molecule has 1 aliphatic rings. The third-order valence-electron chi connectivity index (χ3n) is 2.28. The van der Waals surface area contributed by atoms with Gasteiger partial charge in [-0.2, -0.15) is 0 Å². The van der Waals surface area contributed by atoms with Gasteiger partial charge in [-0.05, 0) is 26.7 Å². The fourth-order valence-electron chi connectivity index (χ4n) is 1.46. The first-order chi connectivity index (χ1) is 5.74. The van der Waals surface area contributed by atoms with E-state index in [1.807, 2.05) is 6.92 Å². The Morgan fingerprint density at radius 2 is 2.33 bits per heavy atom. The number of carbonyl (C=O) groups excluding carboxylic acids is 1. The van der Waals surface area contributed by atoms with E-state index < -0.39 is 0 Å². The van der Waals surface area contributed by atoms with Crippen LogP contribution in [0.4, 0.5) is 0 Å². The molecule has 0 aliphatic carbocycles. The number of esters is 1. The number of hydrogen-bond donors (Lipinski definition) is 1. The van der Waals surface area contributed by atoms with Crippen LogP contribution in [0.2, 0.25) is 0 Å². The third kappa shape index (κ3) is 2.48. The van der Waals surface area contributed by atoms with Crippen molar-refractivity contribution in [3.05, 3.63) is 0 Å². The Hall–Kier alpha value is -0.570. The average molecular weight is 171 g/mol. The maximum absolute atomic E-state index is 11.2. The zero-order valence-corrected chi connectivity index (χ0v) is 7.80. The van der Waals surface area contributed by atoms with E-state index in [1.165, 1.54) is 0 Å².